The molecule has 6 atom stereocenters. The van der Waals surface area contributed by atoms with Crippen LogP contribution in [0.15, 0.2) is 42.5 Å². The largest absolute Gasteiger partial charge is 0.465 e. The number of carbonyl (C=O) groups is 3. The molecule has 0 radical (unpaired) electrons. The van der Waals surface area contributed by atoms with Crippen LogP contribution in [0.1, 0.15) is 44.2 Å². The SMILES string of the molecule is Cc1cccc(C)c1N1CC=C[C@]23O[C@]4(C)/C=C\CCCCOC(=O)[C@@H]4[C@H]2C(=O)N([C@H](C)CO)C3C1=O. The third-order valence-corrected chi connectivity index (χ3v) is 8.39. The summed E-state index contributed by atoms with van der Waals surface area (Å²) in [6.07, 6.45) is 9.98. The number of aryl methyl sites for hydroxylation is 2. The highest BCUT2D eigenvalue weighted by Crippen LogP contribution is 2.57. The number of para-hydroxylation sites is 1. The highest BCUT2D eigenvalue weighted by atomic mass is 16.6. The number of likely N-dealkylation sites (tertiary alicyclic amines) is 1. The minimum absolute atomic E-state index is 0.280. The summed E-state index contributed by atoms with van der Waals surface area (Å²) in [5.41, 5.74) is 0.185. The predicted octanol–water partition coefficient (Wildman–Crippen LogP) is 2.84. The second-order valence-electron chi connectivity index (χ2n) is 10.9. The summed E-state index contributed by atoms with van der Waals surface area (Å²) >= 11 is 0. The van der Waals surface area contributed by atoms with E-state index in [1.165, 1.54) is 4.90 Å². The first-order chi connectivity index (χ1) is 17.7. The molecule has 0 aliphatic carbocycles. The van der Waals surface area contributed by atoms with Gasteiger partial charge in [0.15, 0.2) is 0 Å². The number of ether oxygens (including phenoxy) is 2. The monoisotopic (exact) mass is 508 g/mol. The van der Waals surface area contributed by atoms with E-state index in [9.17, 15) is 19.5 Å². The molecular formula is C29H36N2O6. The molecule has 1 aromatic rings. The summed E-state index contributed by atoms with van der Waals surface area (Å²) in [6, 6.07) is 4.18. The predicted molar refractivity (Wildman–Crippen MR) is 138 cm³/mol. The van der Waals surface area contributed by atoms with Crippen LogP contribution in [0.3, 0.4) is 0 Å². The van der Waals surface area contributed by atoms with Crippen molar-refractivity contribution in [2.24, 2.45) is 11.8 Å². The molecule has 0 bridgehead atoms. The minimum Gasteiger partial charge on any atom is -0.465 e. The van der Waals surface area contributed by atoms with Gasteiger partial charge in [-0.2, -0.15) is 0 Å². The average Bonchev–Trinajstić information content (AvgIpc) is 3.20. The number of nitrogens with zero attached hydrogens (tertiary/aromatic N) is 2. The third-order valence-electron chi connectivity index (χ3n) is 8.39. The van der Waals surface area contributed by atoms with Crippen LogP contribution < -0.4 is 4.90 Å². The van der Waals surface area contributed by atoms with Crippen LogP contribution in [0.5, 0.6) is 0 Å². The Morgan fingerprint density at radius 3 is 2.49 bits per heavy atom. The lowest BCUT2D eigenvalue weighted by molar-refractivity contribution is -0.159. The fraction of sp³-hybridized carbons (Fsp3) is 0.552. The van der Waals surface area contributed by atoms with Gasteiger partial charge in [-0.15, -0.1) is 0 Å². The number of carbonyl (C=O) groups excluding carboxylic acids is 3. The zero-order chi connectivity index (χ0) is 26.5. The summed E-state index contributed by atoms with van der Waals surface area (Å²) < 4.78 is 12.4. The number of esters is 1. The van der Waals surface area contributed by atoms with Crippen LogP contribution in [-0.2, 0) is 23.9 Å². The summed E-state index contributed by atoms with van der Waals surface area (Å²) in [7, 11) is 0. The Balaban J connectivity index is 1.68. The highest BCUT2D eigenvalue weighted by Gasteiger charge is 2.75. The van der Waals surface area contributed by atoms with E-state index in [0.29, 0.717) is 6.54 Å². The van der Waals surface area contributed by atoms with E-state index < -0.39 is 41.1 Å². The Hall–Kier alpha value is -2.97. The van der Waals surface area contributed by atoms with E-state index in [2.05, 4.69) is 0 Å². The Bertz CT molecular complexity index is 1160. The van der Waals surface area contributed by atoms with Crippen molar-refractivity contribution in [3.63, 3.8) is 0 Å². The van der Waals surface area contributed by atoms with Crippen LogP contribution in [0.25, 0.3) is 0 Å². The molecule has 8 nitrogen and oxygen atoms in total. The first kappa shape index (κ1) is 25.7. The number of benzene rings is 1. The zero-order valence-electron chi connectivity index (χ0n) is 22.0. The van der Waals surface area contributed by atoms with Crippen molar-refractivity contribution in [1.82, 2.24) is 4.90 Å². The molecule has 1 aromatic carbocycles. The summed E-state index contributed by atoms with van der Waals surface area (Å²) in [6.45, 7) is 7.69. The number of cyclic esters (lactones) is 1. The molecule has 4 aliphatic heterocycles. The van der Waals surface area contributed by atoms with Crippen molar-refractivity contribution in [3.05, 3.63) is 53.6 Å². The van der Waals surface area contributed by atoms with Crippen molar-refractivity contribution in [1.29, 1.82) is 0 Å². The topological polar surface area (TPSA) is 96.4 Å². The van der Waals surface area contributed by atoms with Gasteiger partial charge >= 0.3 is 5.97 Å². The molecule has 2 amide bonds. The third kappa shape index (κ3) is 3.84. The van der Waals surface area contributed by atoms with Gasteiger partial charge in [0.05, 0.1) is 30.8 Å². The highest BCUT2D eigenvalue weighted by molar-refractivity contribution is 6.06. The van der Waals surface area contributed by atoms with Crippen molar-refractivity contribution < 1.29 is 29.0 Å². The number of amides is 2. The standard InChI is InChI=1S/C29H36N2O6/c1-18-11-9-12-19(2)23(18)30-15-10-14-29-21(25(33)31(20(3)17-32)24(29)26(30)34)22-27(35)36-16-8-6-5-7-13-28(22,4)37-29/h7,9-14,20-22,24,32H,5-6,8,15-17H2,1-4H3/b13-7-/t20-,21+,22+,24?,28-,29+/m1/s1. The van der Waals surface area contributed by atoms with Gasteiger partial charge in [0.1, 0.15) is 17.6 Å². The fourth-order valence-electron chi connectivity index (χ4n) is 6.73. The first-order valence-corrected chi connectivity index (χ1v) is 13.2. The molecule has 2 fully saturated rings. The van der Waals surface area contributed by atoms with Crippen LogP contribution in [0.4, 0.5) is 5.69 Å². The Morgan fingerprint density at radius 2 is 1.78 bits per heavy atom. The number of allylic oxidation sites excluding steroid dienone is 1. The second kappa shape index (κ2) is 9.40. The number of aliphatic hydroxyl groups excluding tert-OH is 1. The van der Waals surface area contributed by atoms with E-state index in [4.69, 9.17) is 9.47 Å². The maximum Gasteiger partial charge on any atom is 0.313 e. The normalized spacial score (nSPS) is 35.4. The molecule has 1 N–H and O–H groups in total. The first-order valence-electron chi connectivity index (χ1n) is 13.2. The van der Waals surface area contributed by atoms with E-state index in [1.54, 1.807) is 18.7 Å². The number of hydrogen-bond donors (Lipinski definition) is 1. The van der Waals surface area contributed by atoms with Crippen molar-refractivity contribution in [2.45, 2.75) is 70.2 Å². The molecule has 8 heteroatoms. The molecule has 37 heavy (non-hydrogen) atoms. The molecular weight excluding hydrogens is 472 g/mol. The molecule has 2 saturated heterocycles. The second-order valence-corrected chi connectivity index (χ2v) is 10.9. The lowest BCUT2D eigenvalue weighted by Gasteiger charge is -2.39. The van der Waals surface area contributed by atoms with Crippen LogP contribution in [0.2, 0.25) is 0 Å². The Labute approximate surface area is 217 Å². The van der Waals surface area contributed by atoms with Crippen molar-refractivity contribution in [2.75, 3.05) is 24.7 Å². The lowest BCUT2D eigenvalue weighted by Crippen LogP contribution is -2.58. The Morgan fingerprint density at radius 1 is 1.05 bits per heavy atom. The molecule has 4 heterocycles. The van der Waals surface area contributed by atoms with Gasteiger partial charge in [-0.3, -0.25) is 14.4 Å². The maximum absolute atomic E-state index is 14.5. The number of fused-ring (bicyclic) bond motifs is 2. The quantitative estimate of drug-likeness (QED) is 0.498. The van der Waals surface area contributed by atoms with Gasteiger partial charge in [0.2, 0.25) is 5.91 Å². The molecule has 0 aromatic heterocycles. The van der Waals surface area contributed by atoms with Gasteiger partial charge < -0.3 is 24.4 Å². The van der Waals surface area contributed by atoms with Gasteiger partial charge in [-0.25, -0.2) is 0 Å². The van der Waals surface area contributed by atoms with Crippen LogP contribution in [0, 0.1) is 25.7 Å². The fourth-order valence-corrected chi connectivity index (χ4v) is 6.73. The van der Waals surface area contributed by atoms with Gasteiger partial charge in [-0.1, -0.05) is 42.5 Å². The van der Waals surface area contributed by atoms with E-state index in [-0.39, 0.29) is 25.0 Å². The summed E-state index contributed by atoms with van der Waals surface area (Å²) in [4.78, 5) is 45.3. The van der Waals surface area contributed by atoms with Crippen LogP contribution >= 0.6 is 0 Å². The number of hydrogen-bond acceptors (Lipinski definition) is 6. The molecule has 5 rings (SSSR count). The molecule has 1 unspecified atom stereocenters. The van der Waals surface area contributed by atoms with Gasteiger partial charge in [0, 0.05) is 12.2 Å². The smallest absolute Gasteiger partial charge is 0.313 e. The van der Waals surface area contributed by atoms with Crippen molar-refractivity contribution >= 4 is 23.5 Å². The molecule has 4 aliphatic rings. The summed E-state index contributed by atoms with van der Waals surface area (Å²) in [5.74, 6) is -3.02. The molecule has 0 saturated carbocycles. The maximum atomic E-state index is 14.5. The lowest BCUT2D eigenvalue weighted by atomic mass is 9.74. The summed E-state index contributed by atoms with van der Waals surface area (Å²) in [5, 5.41) is 10.1. The zero-order valence-corrected chi connectivity index (χ0v) is 22.0. The number of aliphatic hydroxyl groups is 1. The Kier molecular flexibility index (Phi) is 6.52. The van der Waals surface area contributed by atoms with Crippen LogP contribution in [-0.4, -0.2) is 70.8 Å². The number of rotatable bonds is 3. The average molecular weight is 509 g/mol. The minimum atomic E-state index is -1.38. The molecule has 1 spiro atoms. The van der Waals surface area contributed by atoms with E-state index in [1.807, 2.05) is 56.4 Å². The van der Waals surface area contributed by atoms with Crippen molar-refractivity contribution in [3.8, 4) is 0 Å². The van der Waals surface area contributed by atoms with E-state index in [0.717, 1.165) is 36.1 Å². The number of anilines is 1. The van der Waals surface area contributed by atoms with E-state index >= 15 is 0 Å². The molecule has 198 valence electrons. The van der Waals surface area contributed by atoms with Gasteiger partial charge in [0.25, 0.3) is 5.91 Å². The van der Waals surface area contributed by atoms with Gasteiger partial charge in [-0.05, 0) is 58.1 Å².